The van der Waals surface area contributed by atoms with Crippen molar-refractivity contribution in [3.8, 4) is 5.75 Å². The zero-order chi connectivity index (χ0) is 16.0. The predicted molar refractivity (Wildman–Crippen MR) is 86.8 cm³/mol. The van der Waals surface area contributed by atoms with Crippen LogP contribution in [0, 0.1) is 29.0 Å². The molecule has 1 aromatic rings. The minimum absolute atomic E-state index is 0.0974. The fourth-order valence-corrected chi connectivity index (χ4v) is 5.50. The normalized spacial score (nSPS) is 34.4. The highest BCUT2D eigenvalue weighted by Crippen LogP contribution is 2.60. The van der Waals surface area contributed by atoms with Gasteiger partial charge in [0.05, 0.1) is 12.0 Å². The summed E-state index contributed by atoms with van der Waals surface area (Å²) < 4.78 is 19.2. The minimum Gasteiger partial charge on any atom is -0.491 e. The van der Waals surface area contributed by atoms with Gasteiger partial charge in [-0.25, -0.2) is 4.39 Å². The van der Waals surface area contributed by atoms with Gasteiger partial charge in [-0.05, 0) is 75.3 Å². The number of hydrogen-bond acceptors (Lipinski definition) is 2. The van der Waals surface area contributed by atoms with Crippen molar-refractivity contribution in [3.63, 3.8) is 0 Å². The summed E-state index contributed by atoms with van der Waals surface area (Å²) in [7, 11) is 0. The van der Waals surface area contributed by atoms with E-state index in [4.69, 9.17) is 4.74 Å². The number of ether oxygens (including phenoxy) is 1. The fraction of sp³-hybridized carbons (Fsp3) is 0.632. The second-order valence-electron chi connectivity index (χ2n) is 7.73. The van der Waals surface area contributed by atoms with E-state index in [-0.39, 0.29) is 17.1 Å². The lowest BCUT2D eigenvalue weighted by atomic mass is 9.49. The Labute approximate surface area is 136 Å². The van der Waals surface area contributed by atoms with Gasteiger partial charge in [0.1, 0.15) is 0 Å². The van der Waals surface area contributed by atoms with Crippen molar-refractivity contribution in [2.24, 2.45) is 23.2 Å². The van der Waals surface area contributed by atoms with E-state index < -0.39 is 5.82 Å². The first-order valence-corrected chi connectivity index (χ1v) is 8.82. The molecule has 0 unspecified atom stereocenters. The molecule has 4 bridgehead atoms. The third-order valence-corrected chi connectivity index (χ3v) is 6.01. The van der Waals surface area contributed by atoms with Crippen LogP contribution in [0.5, 0.6) is 5.75 Å². The molecule has 0 spiro atoms. The third-order valence-electron chi connectivity index (χ3n) is 6.01. The van der Waals surface area contributed by atoms with Crippen molar-refractivity contribution in [2.75, 3.05) is 11.9 Å². The molecule has 23 heavy (non-hydrogen) atoms. The predicted octanol–water partition coefficient (Wildman–Crippen LogP) is 4.38. The molecule has 0 atom stereocenters. The Balaban J connectivity index is 1.51. The molecule has 0 saturated heterocycles. The Bertz CT molecular complexity index is 593. The maximum atomic E-state index is 14.0. The first-order chi connectivity index (χ1) is 11.1. The first-order valence-electron chi connectivity index (χ1n) is 8.82. The molecule has 4 fully saturated rings. The smallest absolute Gasteiger partial charge is 0.230 e. The van der Waals surface area contributed by atoms with Gasteiger partial charge in [0, 0.05) is 11.8 Å². The van der Waals surface area contributed by atoms with Gasteiger partial charge in [-0.1, -0.05) is 0 Å². The molecule has 4 heteroatoms. The number of rotatable bonds is 4. The Hall–Kier alpha value is -1.58. The first kappa shape index (κ1) is 15.0. The Morgan fingerprint density at radius 2 is 1.83 bits per heavy atom. The lowest BCUT2D eigenvalue weighted by molar-refractivity contribution is -0.140. The van der Waals surface area contributed by atoms with Crippen LogP contribution in [0.4, 0.5) is 10.1 Å². The molecule has 1 amide bonds. The SMILES string of the molecule is CCOc1ccc(NC(=O)C23CC4CC(CC(C4)C2)C3)cc1F. The lowest BCUT2D eigenvalue weighted by Crippen LogP contribution is -2.51. The van der Waals surface area contributed by atoms with Gasteiger partial charge in [0.2, 0.25) is 5.91 Å². The molecule has 1 N–H and O–H groups in total. The molecular weight excluding hydrogens is 293 g/mol. The summed E-state index contributed by atoms with van der Waals surface area (Å²) in [6.07, 6.45) is 6.98. The van der Waals surface area contributed by atoms with Crippen LogP contribution in [0.15, 0.2) is 18.2 Å². The molecule has 5 rings (SSSR count). The highest BCUT2D eigenvalue weighted by atomic mass is 19.1. The van der Waals surface area contributed by atoms with Crippen LogP contribution in [0.1, 0.15) is 45.4 Å². The molecular formula is C19H24FNO2. The lowest BCUT2D eigenvalue weighted by Gasteiger charge is -2.55. The van der Waals surface area contributed by atoms with E-state index >= 15 is 0 Å². The monoisotopic (exact) mass is 317 g/mol. The standard InChI is InChI=1S/C19H24FNO2/c1-2-23-17-4-3-15(8-16(17)20)21-18(22)19-9-12-5-13(10-19)7-14(6-12)11-19/h3-4,8,12-14H,2,5-7,9-11H2,1H3,(H,21,22). The van der Waals surface area contributed by atoms with E-state index in [0.29, 0.717) is 12.3 Å². The van der Waals surface area contributed by atoms with Crippen LogP contribution in [0.2, 0.25) is 0 Å². The second kappa shape index (κ2) is 5.50. The van der Waals surface area contributed by atoms with Crippen LogP contribution >= 0.6 is 0 Å². The molecule has 4 aliphatic rings. The quantitative estimate of drug-likeness (QED) is 0.895. The van der Waals surface area contributed by atoms with Crippen LogP contribution < -0.4 is 10.1 Å². The number of carbonyl (C=O) groups is 1. The Morgan fingerprint density at radius 1 is 1.22 bits per heavy atom. The summed E-state index contributed by atoms with van der Waals surface area (Å²) in [4.78, 5) is 12.9. The average Bonchev–Trinajstić information content (AvgIpc) is 2.49. The molecule has 4 aliphatic carbocycles. The van der Waals surface area contributed by atoms with Gasteiger partial charge >= 0.3 is 0 Å². The molecule has 4 saturated carbocycles. The highest BCUT2D eigenvalue weighted by molar-refractivity contribution is 5.95. The third kappa shape index (κ3) is 2.62. The molecule has 1 aromatic carbocycles. The van der Waals surface area contributed by atoms with Crippen molar-refractivity contribution >= 4 is 11.6 Å². The highest BCUT2D eigenvalue weighted by Gasteiger charge is 2.54. The van der Waals surface area contributed by atoms with Crippen molar-refractivity contribution in [2.45, 2.75) is 45.4 Å². The van der Waals surface area contributed by atoms with Gasteiger partial charge in [-0.2, -0.15) is 0 Å². The maximum absolute atomic E-state index is 14.0. The van der Waals surface area contributed by atoms with Crippen LogP contribution in [-0.2, 0) is 4.79 Å². The summed E-state index contributed by atoms with van der Waals surface area (Å²) in [5, 5.41) is 2.97. The Morgan fingerprint density at radius 3 is 2.35 bits per heavy atom. The molecule has 0 radical (unpaired) electrons. The molecule has 0 aromatic heterocycles. The van der Waals surface area contributed by atoms with E-state index in [1.807, 2.05) is 6.92 Å². The van der Waals surface area contributed by atoms with Crippen LogP contribution in [-0.4, -0.2) is 12.5 Å². The largest absolute Gasteiger partial charge is 0.491 e. The summed E-state index contributed by atoms with van der Waals surface area (Å²) in [5.41, 5.74) is 0.329. The number of amides is 1. The molecule has 3 nitrogen and oxygen atoms in total. The summed E-state index contributed by atoms with van der Waals surface area (Å²) in [6, 6.07) is 4.68. The van der Waals surface area contributed by atoms with Crippen molar-refractivity contribution in [3.05, 3.63) is 24.0 Å². The zero-order valence-corrected chi connectivity index (χ0v) is 13.6. The second-order valence-corrected chi connectivity index (χ2v) is 7.73. The maximum Gasteiger partial charge on any atom is 0.230 e. The summed E-state index contributed by atoms with van der Waals surface area (Å²) in [5.74, 6) is 2.09. The van der Waals surface area contributed by atoms with Crippen LogP contribution in [0.3, 0.4) is 0 Å². The van der Waals surface area contributed by atoms with Crippen molar-refractivity contribution < 1.29 is 13.9 Å². The van der Waals surface area contributed by atoms with E-state index in [1.165, 1.54) is 25.3 Å². The minimum atomic E-state index is -0.421. The van der Waals surface area contributed by atoms with E-state index in [2.05, 4.69) is 5.32 Å². The van der Waals surface area contributed by atoms with E-state index in [1.54, 1.807) is 12.1 Å². The molecule has 0 heterocycles. The van der Waals surface area contributed by atoms with Gasteiger partial charge < -0.3 is 10.1 Å². The van der Waals surface area contributed by atoms with Gasteiger partial charge in [-0.3, -0.25) is 4.79 Å². The number of anilines is 1. The van der Waals surface area contributed by atoms with E-state index in [9.17, 15) is 9.18 Å². The fourth-order valence-electron chi connectivity index (χ4n) is 5.50. The van der Waals surface area contributed by atoms with Crippen molar-refractivity contribution in [1.29, 1.82) is 0 Å². The molecule has 124 valence electrons. The number of carbonyl (C=O) groups excluding carboxylic acids is 1. The number of nitrogens with one attached hydrogen (secondary N) is 1. The van der Waals surface area contributed by atoms with Gasteiger partial charge in [0.25, 0.3) is 0 Å². The number of halogens is 1. The number of benzene rings is 1. The average molecular weight is 317 g/mol. The van der Waals surface area contributed by atoms with Crippen LogP contribution in [0.25, 0.3) is 0 Å². The Kier molecular flexibility index (Phi) is 3.58. The summed E-state index contributed by atoms with van der Waals surface area (Å²) in [6.45, 7) is 2.25. The van der Waals surface area contributed by atoms with Gasteiger partial charge in [-0.15, -0.1) is 0 Å². The topological polar surface area (TPSA) is 38.3 Å². The van der Waals surface area contributed by atoms with Crippen molar-refractivity contribution in [1.82, 2.24) is 0 Å². The summed E-state index contributed by atoms with van der Waals surface area (Å²) >= 11 is 0. The zero-order valence-electron chi connectivity index (χ0n) is 13.6. The molecule has 0 aliphatic heterocycles. The van der Waals surface area contributed by atoms with Gasteiger partial charge in [0.15, 0.2) is 11.6 Å². The van der Waals surface area contributed by atoms with E-state index in [0.717, 1.165) is 37.0 Å². The number of hydrogen-bond donors (Lipinski definition) is 1.